The van der Waals surface area contributed by atoms with Crippen LogP contribution in [0.5, 0.6) is 0 Å². The summed E-state index contributed by atoms with van der Waals surface area (Å²) >= 11 is 1.42. The second-order valence-electron chi connectivity index (χ2n) is 5.67. The third-order valence-corrected chi connectivity index (χ3v) is 6.75. The molecular weight excluding hydrogens is 368 g/mol. The average molecular weight is 389 g/mol. The Bertz CT molecular complexity index is 942. The van der Waals surface area contributed by atoms with E-state index in [2.05, 4.69) is 22.1 Å². The van der Waals surface area contributed by atoms with Crippen LogP contribution in [-0.2, 0) is 16.4 Å². The van der Waals surface area contributed by atoms with E-state index in [1.807, 2.05) is 22.8 Å². The van der Waals surface area contributed by atoms with Crippen LogP contribution in [0.4, 0.5) is 0 Å². The number of thioether (sulfide) groups is 1. The lowest BCUT2D eigenvalue weighted by Gasteiger charge is -2.09. The van der Waals surface area contributed by atoms with Crippen molar-refractivity contribution in [3.05, 3.63) is 54.9 Å². The van der Waals surface area contributed by atoms with Crippen LogP contribution in [0.2, 0.25) is 0 Å². The molecule has 0 fully saturated rings. The van der Waals surface area contributed by atoms with Crippen LogP contribution in [0.3, 0.4) is 0 Å². The molecule has 3 aromatic rings. The average Bonchev–Trinajstić information content (AvgIpc) is 3.06. The highest BCUT2D eigenvalue weighted by atomic mass is 32.2. The molecule has 1 aromatic carbocycles. The summed E-state index contributed by atoms with van der Waals surface area (Å²) in [5.41, 5.74) is 0.949. The first-order valence-corrected chi connectivity index (χ1v) is 11.0. The topological polar surface area (TPSA) is 77.7 Å². The highest BCUT2D eigenvalue weighted by Crippen LogP contribution is 2.24. The van der Waals surface area contributed by atoms with Crippen molar-refractivity contribution in [2.24, 2.45) is 0 Å². The van der Waals surface area contributed by atoms with Crippen LogP contribution in [0.15, 0.2) is 64.9 Å². The zero-order valence-corrected chi connectivity index (χ0v) is 16.1. The maximum Gasteiger partial charge on any atom is 0.191 e. The molecule has 0 N–H and O–H groups in total. The fraction of sp³-hybridized carbons (Fsp3) is 0.278. The molecule has 3 rings (SSSR count). The molecule has 0 amide bonds. The first kappa shape index (κ1) is 18.6. The van der Waals surface area contributed by atoms with Crippen LogP contribution < -0.4 is 0 Å². The van der Waals surface area contributed by atoms with Crippen molar-refractivity contribution in [2.75, 3.05) is 11.5 Å². The standard InChI is InChI=1S/C18H20N4O2S2/c1-2-12-22-17(15-8-10-19-11-9-15)20-21-18(22)25-13-14-26(23,24)16-6-4-3-5-7-16/h3-11H,2,12-14H2,1H3. The van der Waals surface area contributed by atoms with Crippen molar-refractivity contribution in [1.29, 1.82) is 0 Å². The lowest BCUT2D eigenvalue weighted by atomic mass is 10.2. The van der Waals surface area contributed by atoms with Crippen LogP contribution >= 0.6 is 11.8 Å². The molecule has 26 heavy (non-hydrogen) atoms. The summed E-state index contributed by atoms with van der Waals surface area (Å²) in [4.78, 5) is 4.38. The van der Waals surface area contributed by atoms with E-state index in [-0.39, 0.29) is 5.75 Å². The lowest BCUT2D eigenvalue weighted by Crippen LogP contribution is -2.09. The van der Waals surface area contributed by atoms with E-state index in [1.54, 1.807) is 36.7 Å². The summed E-state index contributed by atoms with van der Waals surface area (Å²) in [6, 6.07) is 12.3. The normalized spacial score (nSPS) is 11.6. The molecule has 2 heterocycles. The molecular formula is C18H20N4O2S2. The highest BCUT2D eigenvalue weighted by molar-refractivity contribution is 8.00. The first-order chi connectivity index (χ1) is 12.6. The third kappa shape index (κ3) is 4.31. The van der Waals surface area contributed by atoms with Gasteiger partial charge in [0.1, 0.15) is 0 Å². The predicted molar refractivity (Wildman–Crippen MR) is 103 cm³/mol. The largest absolute Gasteiger partial charge is 0.302 e. The monoisotopic (exact) mass is 388 g/mol. The molecule has 0 spiro atoms. The Morgan fingerprint density at radius 1 is 1.04 bits per heavy atom. The fourth-order valence-electron chi connectivity index (χ4n) is 2.52. The second-order valence-corrected chi connectivity index (χ2v) is 8.85. The smallest absolute Gasteiger partial charge is 0.191 e. The van der Waals surface area contributed by atoms with Gasteiger partial charge in [-0.15, -0.1) is 10.2 Å². The van der Waals surface area contributed by atoms with E-state index < -0.39 is 9.84 Å². The number of aromatic nitrogens is 4. The Hall–Kier alpha value is -2.19. The minimum atomic E-state index is -3.29. The van der Waals surface area contributed by atoms with E-state index in [0.717, 1.165) is 29.5 Å². The Kier molecular flexibility index (Phi) is 6.05. The molecule has 0 aliphatic carbocycles. The Labute approximate surface area is 157 Å². The zero-order valence-electron chi connectivity index (χ0n) is 14.4. The summed E-state index contributed by atoms with van der Waals surface area (Å²) in [6.07, 6.45) is 4.38. The van der Waals surface area contributed by atoms with Crippen molar-refractivity contribution < 1.29 is 8.42 Å². The number of benzene rings is 1. The number of hydrogen-bond acceptors (Lipinski definition) is 6. The van der Waals surface area contributed by atoms with Crippen molar-refractivity contribution in [2.45, 2.75) is 29.9 Å². The van der Waals surface area contributed by atoms with Gasteiger partial charge in [0.2, 0.25) is 0 Å². The van der Waals surface area contributed by atoms with Gasteiger partial charge in [-0.05, 0) is 30.7 Å². The summed E-state index contributed by atoms with van der Waals surface area (Å²) in [5, 5.41) is 9.30. The minimum Gasteiger partial charge on any atom is -0.302 e. The van der Waals surface area contributed by atoms with Gasteiger partial charge in [-0.1, -0.05) is 36.9 Å². The lowest BCUT2D eigenvalue weighted by molar-refractivity contribution is 0.597. The SMILES string of the molecule is CCCn1c(SCCS(=O)(=O)c2ccccc2)nnc1-c1ccncc1. The summed E-state index contributed by atoms with van der Waals surface area (Å²) in [7, 11) is -3.29. The van der Waals surface area contributed by atoms with Gasteiger partial charge in [0, 0.05) is 30.3 Å². The summed E-state index contributed by atoms with van der Waals surface area (Å²) in [5.74, 6) is 1.27. The molecule has 0 saturated heterocycles. The first-order valence-electron chi connectivity index (χ1n) is 8.36. The van der Waals surface area contributed by atoms with Gasteiger partial charge in [-0.2, -0.15) is 0 Å². The van der Waals surface area contributed by atoms with Gasteiger partial charge >= 0.3 is 0 Å². The highest BCUT2D eigenvalue weighted by Gasteiger charge is 2.17. The molecule has 0 unspecified atom stereocenters. The summed E-state index contributed by atoms with van der Waals surface area (Å²) in [6.45, 7) is 2.86. The van der Waals surface area contributed by atoms with Gasteiger partial charge in [0.25, 0.3) is 0 Å². The molecule has 6 nitrogen and oxygen atoms in total. The molecule has 136 valence electrons. The molecule has 0 saturated carbocycles. The van der Waals surface area contributed by atoms with Crippen LogP contribution in [-0.4, -0.2) is 39.7 Å². The van der Waals surface area contributed by atoms with Crippen molar-refractivity contribution in [3.63, 3.8) is 0 Å². The van der Waals surface area contributed by atoms with E-state index >= 15 is 0 Å². The van der Waals surface area contributed by atoms with E-state index in [1.165, 1.54) is 11.8 Å². The van der Waals surface area contributed by atoms with Crippen LogP contribution in [0.1, 0.15) is 13.3 Å². The molecule has 0 bridgehead atoms. The number of hydrogen-bond donors (Lipinski definition) is 0. The maximum atomic E-state index is 12.4. The molecule has 8 heteroatoms. The molecule has 2 aromatic heterocycles. The van der Waals surface area contributed by atoms with Crippen LogP contribution in [0.25, 0.3) is 11.4 Å². The predicted octanol–water partition coefficient (Wildman–Crippen LogP) is 3.32. The fourth-order valence-corrected chi connectivity index (χ4v) is 5.16. The van der Waals surface area contributed by atoms with E-state index in [0.29, 0.717) is 10.6 Å². The van der Waals surface area contributed by atoms with Gasteiger partial charge in [0.05, 0.1) is 10.6 Å². The van der Waals surface area contributed by atoms with Gasteiger partial charge in [-0.3, -0.25) is 4.98 Å². The van der Waals surface area contributed by atoms with Gasteiger partial charge < -0.3 is 4.57 Å². The van der Waals surface area contributed by atoms with Crippen molar-refractivity contribution in [3.8, 4) is 11.4 Å². The number of sulfone groups is 1. The Morgan fingerprint density at radius 3 is 2.46 bits per heavy atom. The van der Waals surface area contributed by atoms with Crippen molar-refractivity contribution in [1.82, 2.24) is 19.7 Å². The Balaban J connectivity index is 1.73. The molecule has 0 atom stereocenters. The minimum absolute atomic E-state index is 0.0608. The van der Waals surface area contributed by atoms with Crippen LogP contribution in [0, 0.1) is 0 Å². The third-order valence-electron chi connectivity index (χ3n) is 3.79. The van der Waals surface area contributed by atoms with Crippen molar-refractivity contribution >= 4 is 21.6 Å². The quantitative estimate of drug-likeness (QED) is 0.551. The molecule has 0 radical (unpaired) electrons. The van der Waals surface area contributed by atoms with Gasteiger partial charge in [0.15, 0.2) is 20.8 Å². The summed E-state index contributed by atoms with van der Waals surface area (Å²) < 4.78 is 26.8. The maximum absolute atomic E-state index is 12.4. The van der Waals surface area contributed by atoms with E-state index in [9.17, 15) is 8.42 Å². The van der Waals surface area contributed by atoms with E-state index in [4.69, 9.17) is 0 Å². The molecule has 0 aliphatic rings. The second kappa shape index (κ2) is 8.46. The number of pyridine rings is 1. The zero-order chi connectivity index (χ0) is 18.4. The number of nitrogens with zero attached hydrogens (tertiary/aromatic N) is 4. The number of rotatable bonds is 8. The molecule has 0 aliphatic heterocycles. The Morgan fingerprint density at radius 2 is 1.77 bits per heavy atom. The van der Waals surface area contributed by atoms with Gasteiger partial charge in [-0.25, -0.2) is 8.42 Å².